The third kappa shape index (κ3) is 6.32. The Morgan fingerprint density at radius 2 is 1.93 bits per heavy atom. The van der Waals surface area contributed by atoms with Crippen molar-refractivity contribution in [3.63, 3.8) is 0 Å². The Balaban J connectivity index is 0.000000369. The maximum Gasteiger partial charge on any atom is 0.438 e. The lowest BCUT2D eigenvalue weighted by atomic mass is 10.3. The number of rotatable bonds is 3. The number of nitrogens with one attached hydrogen (secondary N) is 2. The maximum atomic E-state index is 12.6. The van der Waals surface area contributed by atoms with E-state index in [0.29, 0.717) is 0 Å². The molecule has 1 saturated heterocycles. The predicted molar refractivity (Wildman–Crippen MR) is 87.3 cm³/mol. The summed E-state index contributed by atoms with van der Waals surface area (Å²) in [6.07, 6.45) is -2.22. The Hall–Kier alpha value is -3.04. The second-order valence-electron chi connectivity index (χ2n) is 5.03. The lowest BCUT2D eigenvalue weighted by Crippen LogP contribution is -2.30. The highest BCUT2D eigenvalue weighted by molar-refractivity contribution is 5.53. The van der Waals surface area contributed by atoms with Crippen LogP contribution in [-0.4, -0.2) is 53.6 Å². The van der Waals surface area contributed by atoms with Gasteiger partial charge in [-0.25, -0.2) is 9.97 Å². The Morgan fingerprint density at radius 1 is 1.19 bits per heavy atom. The fraction of sp³-hybridized carbons (Fsp3) is 0.400. The van der Waals surface area contributed by atoms with Gasteiger partial charge < -0.3 is 20.1 Å². The van der Waals surface area contributed by atoms with Gasteiger partial charge in [0.25, 0.3) is 0 Å². The summed E-state index contributed by atoms with van der Waals surface area (Å²) < 4.78 is 47.5. The van der Waals surface area contributed by atoms with Gasteiger partial charge in [-0.15, -0.1) is 10.2 Å². The molecule has 144 valence electrons. The highest BCUT2D eigenvalue weighted by atomic mass is 19.4. The van der Waals surface area contributed by atoms with Crippen LogP contribution >= 0.6 is 0 Å². The number of hydrogen-bond acceptors (Lipinski definition) is 9. The van der Waals surface area contributed by atoms with Crippen molar-refractivity contribution in [1.29, 1.82) is 5.26 Å². The summed E-state index contributed by atoms with van der Waals surface area (Å²) in [5, 5.41) is 20.8. The molecule has 0 bridgehead atoms. The zero-order valence-corrected chi connectivity index (χ0v) is 14.2. The highest BCUT2D eigenvalue weighted by Crippen LogP contribution is 2.34. The number of morpholine rings is 1. The van der Waals surface area contributed by atoms with E-state index >= 15 is 0 Å². The summed E-state index contributed by atoms with van der Waals surface area (Å²) in [7, 11) is 1.09. The van der Waals surface area contributed by atoms with Crippen molar-refractivity contribution >= 4 is 11.6 Å². The largest absolute Gasteiger partial charge is 0.494 e. The van der Waals surface area contributed by atoms with Gasteiger partial charge in [0, 0.05) is 19.2 Å². The summed E-state index contributed by atoms with van der Waals surface area (Å²) in [5.41, 5.74) is -1.11. The van der Waals surface area contributed by atoms with Gasteiger partial charge in [-0.1, -0.05) is 0 Å². The van der Waals surface area contributed by atoms with Crippen molar-refractivity contribution < 1.29 is 22.6 Å². The molecular formula is C15H16F3N7O2. The van der Waals surface area contributed by atoms with Gasteiger partial charge in [0.15, 0.2) is 17.3 Å². The van der Waals surface area contributed by atoms with Gasteiger partial charge in [-0.2, -0.15) is 18.4 Å². The minimum absolute atomic E-state index is 0.00106. The van der Waals surface area contributed by atoms with E-state index in [-0.39, 0.29) is 17.3 Å². The first-order valence-electron chi connectivity index (χ1n) is 7.70. The molecule has 3 rings (SSSR count). The van der Waals surface area contributed by atoms with Crippen LogP contribution in [0.15, 0.2) is 18.5 Å². The van der Waals surface area contributed by atoms with Gasteiger partial charge in [0.05, 0.1) is 32.7 Å². The molecule has 0 unspecified atom stereocenters. The summed E-state index contributed by atoms with van der Waals surface area (Å²) in [6.45, 7) is 3.83. The quantitative estimate of drug-likeness (QED) is 0.813. The van der Waals surface area contributed by atoms with Crippen molar-refractivity contribution in [3.05, 3.63) is 29.8 Å². The van der Waals surface area contributed by atoms with Crippen LogP contribution < -0.4 is 15.4 Å². The van der Waals surface area contributed by atoms with Crippen LogP contribution in [0.3, 0.4) is 0 Å². The van der Waals surface area contributed by atoms with E-state index in [2.05, 4.69) is 35.5 Å². The van der Waals surface area contributed by atoms with Gasteiger partial charge in [0.1, 0.15) is 11.9 Å². The first kappa shape index (κ1) is 20.3. The van der Waals surface area contributed by atoms with E-state index in [1.807, 2.05) is 0 Å². The van der Waals surface area contributed by atoms with Gasteiger partial charge in [-0.05, 0) is 0 Å². The summed E-state index contributed by atoms with van der Waals surface area (Å²) in [4.78, 5) is 7.59. The minimum Gasteiger partial charge on any atom is -0.494 e. The molecule has 0 radical (unpaired) electrons. The van der Waals surface area contributed by atoms with E-state index in [1.54, 1.807) is 6.07 Å². The Morgan fingerprint density at radius 3 is 2.37 bits per heavy atom. The molecule has 2 aromatic heterocycles. The molecule has 9 nitrogen and oxygen atoms in total. The number of ether oxygens (including phenoxy) is 2. The second kappa shape index (κ2) is 9.60. The van der Waals surface area contributed by atoms with Crippen molar-refractivity contribution in [3.8, 4) is 11.8 Å². The molecule has 0 atom stereocenters. The molecular weight excluding hydrogens is 367 g/mol. The summed E-state index contributed by atoms with van der Waals surface area (Å²) >= 11 is 0. The van der Waals surface area contributed by atoms with Crippen LogP contribution in [0.1, 0.15) is 11.4 Å². The van der Waals surface area contributed by atoms with E-state index in [4.69, 9.17) is 10.00 Å². The molecule has 3 heterocycles. The third-order valence-corrected chi connectivity index (χ3v) is 3.12. The molecule has 0 saturated carbocycles. The number of alkyl halides is 3. The number of methoxy groups -OCH3 is 1. The Labute approximate surface area is 152 Å². The summed E-state index contributed by atoms with van der Waals surface area (Å²) in [6, 6.07) is 2.82. The Bertz CT molecular complexity index is 763. The normalized spacial score (nSPS) is 13.7. The van der Waals surface area contributed by atoms with Crippen LogP contribution in [0.5, 0.6) is 5.75 Å². The third-order valence-electron chi connectivity index (χ3n) is 3.12. The van der Waals surface area contributed by atoms with Crippen LogP contribution in [0.25, 0.3) is 0 Å². The first-order chi connectivity index (χ1) is 12.9. The van der Waals surface area contributed by atoms with E-state index in [0.717, 1.165) is 39.5 Å². The topological polar surface area (TPSA) is 118 Å². The molecule has 0 spiro atoms. The van der Waals surface area contributed by atoms with E-state index in [1.165, 1.54) is 12.4 Å². The van der Waals surface area contributed by atoms with Crippen LogP contribution in [0.4, 0.5) is 24.8 Å². The average Bonchev–Trinajstić information content (AvgIpc) is 2.69. The molecule has 0 aliphatic carbocycles. The molecule has 2 N–H and O–H groups in total. The van der Waals surface area contributed by atoms with Gasteiger partial charge >= 0.3 is 6.18 Å². The van der Waals surface area contributed by atoms with E-state index in [9.17, 15) is 13.2 Å². The smallest absolute Gasteiger partial charge is 0.438 e. The first-order valence-corrected chi connectivity index (χ1v) is 7.70. The van der Waals surface area contributed by atoms with Crippen molar-refractivity contribution in [1.82, 2.24) is 25.5 Å². The fourth-order valence-electron chi connectivity index (χ4n) is 1.88. The molecule has 0 aromatic carbocycles. The van der Waals surface area contributed by atoms with Gasteiger partial charge in [-0.3, -0.25) is 0 Å². The number of hydrogen-bond donors (Lipinski definition) is 2. The van der Waals surface area contributed by atoms with Crippen LogP contribution in [0, 0.1) is 11.3 Å². The molecule has 1 fully saturated rings. The van der Waals surface area contributed by atoms with Crippen LogP contribution in [0.2, 0.25) is 0 Å². The molecule has 0 amide bonds. The van der Waals surface area contributed by atoms with Crippen molar-refractivity contribution in [2.75, 3.05) is 38.7 Å². The van der Waals surface area contributed by atoms with E-state index < -0.39 is 17.6 Å². The average molecular weight is 383 g/mol. The SMILES string of the molecule is C1COCCN1.COc1cc(Nc2cnc(C#N)cn2)nnc1C(F)(F)F. The highest BCUT2D eigenvalue weighted by Gasteiger charge is 2.37. The molecule has 12 heteroatoms. The predicted octanol–water partition coefficient (Wildman–Crippen LogP) is 1.52. The number of nitriles is 1. The monoisotopic (exact) mass is 383 g/mol. The molecule has 27 heavy (non-hydrogen) atoms. The number of nitrogens with zero attached hydrogens (tertiary/aromatic N) is 5. The standard InChI is InChI=1S/C11H7F3N6O.C4H9NO/c1-21-7-2-8(19-20-10(7)11(12,13)14)18-9-5-16-6(3-15)4-17-9;1-3-6-4-2-5-1/h2,4-5H,1H3,(H,17,18,19);5H,1-4H2. The zero-order valence-electron chi connectivity index (χ0n) is 14.2. The lowest BCUT2D eigenvalue weighted by Gasteiger charge is -2.11. The zero-order chi connectivity index (χ0) is 19.7. The maximum absolute atomic E-state index is 12.6. The minimum atomic E-state index is -4.66. The summed E-state index contributed by atoms with van der Waals surface area (Å²) in [5.74, 6) is -0.273. The van der Waals surface area contributed by atoms with Crippen LogP contribution in [-0.2, 0) is 10.9 Å². The second-order valence-corrected chi connectivity index (χ2v) is 5.03. The lowest BCUT2D eigenvalue weighted by molar-refractivity contribution is -0.143. The van der Waals surface area contributed by atoms with Crippen molar-refractivity contribution in [2.45, 2.75) is 6.18 Å². The number of anilines is 2. The fourth-order valence-corrected chi connectivity index (χ4v) is 1.88. The number of aromatic nitrogens is 4. The van der Waals surface area contributed by atoms with Gasteiger partial charge in [0.2, 0.25) is 5.69 Å². The molecule has 2 aromatic rings. The van der Waals surface area contributed by atoms with Crippen molar-refractivity contribution in [2.24, 2.45) is 0 Å². The Kier molecular flexibility index (Phi) is 7.21. The molecule has 1 aliphatic rings. The number of halogens is 3. The molecule has 1 aliphatic heterocycles.